The van der Waals surface area contributed by atoms with Crippen molar-refractivity contribution in [1.82, 2.24) is 0 Å². The predicted molar refractivity (Wildman–Crippen MR) is 79.7 cm³/mol. The third kappa shape index (κ3) is 3.35. The number of rotatable bonds is 5. The quantitative estimate of drug-likeness (QED) is 0.534. The Morgan fingerprint density at radius 1 is 1.11 bits per heavy atom. The van der Waals surface area contributed by atoms with Crippen LogP contribution in [0.2, 0.25) is 0 Å². The fourth-order valence-corrected chi connectivity index (χ4v) is 2.53. The number of nitrogens with zero attached hydrogens (tertiary/aromatic N) is 1. The maximum atomic E-state index is 9.45. The minimum absolute atomic E-state index is 0.314. The standard InChI is InChI=1S/C18H21N/c1-2-3-7-12-18(15-19)13-10-17(11-14-18)16-8-5-4-6-9-16/h4-6,8-11,13-14,17H,2-3,7,12H2,1H3. The molecule has 0 heterocycles. The van der Waals surface area contributed by atoms with Crippen LogP contribution in [-0.2, 0) is 0 Å². The molecular weight excluding hydrogens is 230 g/mol. The van der Waals surface area contributed by atoms with Crippen LogP contribution >= 0.6 is 0 Å². The van der Waals surface area contributed by atoms with Crippen LogP contribution in [0.15, 0.2) is 54.6 Å². The van der Waals surface area contributed by atoms with Gasteiger partial charge in [-0.05, 0) is 12.0 Å². The molecule has 2 rings (SSSR count). The normalized spacial score (nSPS) is 25.2. The second-order valence-electron chi connectivity index (χ2n) is 5.26. The van der Waals surface area contributed by atoms with Gasteiger partial charge >= 0.3 is 0 Å². The maximum Gasteiger partial charge on any atom is 0.0934 e. The highest BCUT2D eigenvalue weighted by Gasteiger charge is 2.26. The van der Waals surface area contributed by atoms with Gasteiger partial charge in [0.15, 0.2) is 0 Å². The minimum atomic E-state index is -0.375. The minimum Gasteiger partial charge on any atom is -0.197 e. The van der Waals surface area contributed by atoms with E-state index in [0.717, 1.165) is 12.8 Å². The topological polar surface area (TPSA) is 23.8 Å². The van der Waals surface area contributed by atoms with Gasteiger partial charge in [0.25, 0.3) is 0 Å². The molecule has 0 aromatic heterocycles. The highest BCUT2D eigenvalue weighted by atomic mass is 14.4. The van der Waals surface area contributed by atoms with Gasteiger partial charge in [-0.3, -0.25) is 0 Å². The molecule has 19 heavy (non-hydrogen) atoms. The van der Waals surface area contributed by atoms with Crippen molar-refractivity contribution < 1.29 is 0 Å². The van der Waals surface area contributed by atoms with E-state index in [1.165, 1.54) is 18.4 Å². The average Bonchev–Trinajstić information content (AvgIpc) is 2.49. The van der Waals surface area contributed by atoms with Crippen molar-refractivity contribution in [2.75, 3.05) is 0 Å². The van der Waals surface area contributed by atoms with E-state index in [4.69, 9.17) is 0 Å². The van der Waals surface area contributed by atoms with E-state index < -0.39 is 0 Å². The van der Waals surface area contributed by atoms with Gasteiger partial charge in [0.2, 0.25) is 0 Å². The Morgan fingerprint density at radius 2 is 1.79 bits per heavy atom. The van der Waals surface area contributed by atoms with Crippen molar-refractivity contribution >= 4 is 0 Å². The first kappa shape index (κ1) is 13.6. The van der Waals surface area contributed by atoms with Crippen molar-refractivity contribution in [3.63, 3.8) is 0 Å². The number of allylic oxidation sites excluding steroid dienone is 4. The number of benzene rings is 1. The summed E-state index contributed by atoms with van der Waals surface area (Å²) in [7, 11) is 0. The zero-order chi connectivity index (χ0) is 13.6. The summed E-state index contributed by atoms with van der Waals surface area (Å²) in [6.07, 6.45) is 13.0. The first-order valence-corrected chi connectivity index (χ1v) is 7.14. The van der Waals surface area contributed by atoms with Gasteiger partial charge in [-0.25, -0.2) is 0 Å². The largest absolute Gasteiger partial charge is 0.197 e. The molecule has 98 valence electrons. The lowest BCUT2D eigenvalue weighted by molar-refractivity contribution is 0.519. The van der Waals surface area contributed by atoms with Crippen LogP contribution in [0.4, 0.5) is 0 Å². The SMILES string of the molecule is CCCCCC1(C#N)C=CC(c2ccccc2)C=C1. The second-order valence-corrected chi connectivity index (χ2v) is 5.26. The van der Waals surface area contributed by atoms with E-state index in [1.54, 1.807) is 0 Å². The molecule has 0 unspecified atom stereocenters. The van der Waals surface area contributed by atoms with Crippen LogP contribution < -0.4 is 0 Å². The van der Waals surface area contributed by atoms with Crippen LogP contribution in [0.1, 0.15) is 44.1 Å². The molecule has 1 heteroatoms. The molecule has 1 aromatic carbocycles. The smallest absolute Gasteiger partial charge is 0.0934 e. The third-order valence-electron chi connectivity index (χ3n) is 3.79. The van der Waals surface area contributed by atoms with E-state index in [9.17, 15) is 5.26 Å². The maximum absolute atomic E-state index is 9.45. The fraction of sp³-hybridized carbons (Fsp3) is 0.389. The summed E-state index contributed by atoms with van der Waals surface area (Å²) in [5.74, 6) is 0.314. The van der Waals surface area contributed by atoms with Crippen molar-refractivity contribution in [1.29, 1.82) is 5.26 Å². The summed E-state index contributed by atoms with van der Waals surface area (Å²) in [5.41, 5.74) is 0.913. The Kier molecular flexibility index (Phi) is 4.58. The second kappa shape index (κ2) is 6.38. The van der Waals surface area contributed by atoms with Crippen molar-refractivity contribution in [3.8, 4) is 6.07 Å². The van der Waals surface area contributed by atoms with Gasteiger partial charge < -0.3 is 0 Å². The van der Waals surface area contributed by atoms with Gasteiger partial charge in [0, 0.05) is 5.92 Å². The van der Waals surface area contributed by atoms with Crippen molar-refractivity contribution in [2.24, 2.45) is 5.41 Å². The molecule has 0 saturated carbocycles. The molecule has 0 spiro atoms. The lowest BCUT2D eigenvalue weighted by Gasteiger charge is -2.24. The molecule has 0 atom stereocenters. The van der Waals surface area contributed by atoms with Crippen LogP contribution in [-0.4, -0.2) is 0 Å². The number of hydrogen-bond donors (Lipinski definition) is 0. The molecule has 0 fully saturated rings. The van der Waals surface area contributed by atoms with E-state index in [-0.39, 0.29) is 5.41 Å². The molecule has 0 aliphatic heterocycles. The average molecular weight is 251 g/mol. The summed E-state index contributed by atoms with van der Waals surface area (Å²) in [5, 5.41) is 9.45. The first-order valence-electron chi connectivity index (χ1n) is 7.14. The third-order valence-corrected chi connectivity index (χ3v) is 3.79. The summed E-state index contributed by atoms with van der Waals surface area (Å²) >= 11 is 0. The highest BCUT2D eigenvalue weighted by Crippen LogP contribution is 2.35. The Labute approximate surface area is 116 Å². The zero-order valence-electron chi connectivity index (χ0n) is 11.5. The summed E-state index contributed by atoms with van der Waals surface area (Å²) in [6, 6.07) is 12.9. The molecule has 0 radical (unpaired) electrons. The van der Waals surface area contributed by atoms with Gasteiger partial charge in [-0.1, -0.05) is 80.8 Å². The summed E-state index contributed by atoms with van der Waals surface area (Å²) in [4.78, 5) is 0. The summed E-state index contributed by atoms with van der Waals surface area (Å²) < 4.78 is 0. The molecule has 0 N–H and O–H groups in total. The lowest BCUT2D eigenvalue weighted by Crippen LogP contribution is -2.15. The van der Waals surface area contributed by atoms with Crippen molar-refractivity contribution in [3.05, 3.63) is 60.2 Å². The predicted octanol–water partition coefficient (Wildman–Crippen LogP) is 4.99. The highest BCUT2D eigenvalue weighted by molar-refractivity contribution is 5.37. The van der Waals surface area contributed by atoms with E-state index in [2.05, 4.69) is 61.6 Å². The van der Waals surface area contributed by atoms with Gasteiger partial charge in [0.1, 0.15) is 0 Å². The van der Waals surface area contributed by atoms with Crippen LogP contribution in [0.3, 0.4) is 0 Å². The van der Waals surface area contributed by atoms with Crippen LogP contribution in [0.25, 0.3) is 0 Å². The van der Waals surface area contributed by atoms with E-state index in [0.29, 0.717) is 5.92 Å². The summed E-state index contributed by atoms with van der Waals surface area (Å²) in [6.45, 7) is 2.19. The van der Waals surface area contributed by atoms with Crippen LogP contribution in [0, 0.1) is 16.7 Å². The van der Waals surface area contributed by atoms with Gasteiger partial charge in [-0.2, -0.15) is 5.26 Å². The fourth-order valence-electron chi connectivity index (χ4n) is 2.53. The molecule has 1 aromatic rings. The molecule has 1 aliphatic carbocycles. The number of nitriles is 1. The Hall–Kier alpha value is -1.81. The van der Waals surface area contributed by atoms with E-state index in [1.807, 2.05) is 6.07 Å². The Bertz CT molecular complexity index is 476. The molecular formula is C18H21N. The molecule has 0 saturated heterocycles. The zero-order valence-corrected chi connectivity index (χ0v) is 11.5. The molecule has 1 aliphatic rings. The monoisotopic (exact) mass is 251 g/mol. The first-order chi connectivity index (χ1) is 9.29. The van der Waals surface area contributed by atoms with Crippen LogP contribution in [0.5, 0.6) is 0 Å². The number of hydrogen-bond acceptors (Lipinski definition) is 1. The number of unbranched alkanes of at least 4 members (excludes halogenated alkanes) is 2. The Balaban J connectivity index is 2.06. The lowest BCUT2D eigenvalue weighted by atomic mass is 9.77. The van der Waals surface area contributed by atoms with E-state index >= 15 is 0 Å². The Morgan fingerprint density at radius 3 is 2.37 bits per heavy atom. The van der Waals surface area contributed by atoms with Gasteiger partial charge in [-0.15, -0.1) is 0 Å². The van der Waals surface area contributed by atoms with Crippen molar-refractivity contribution in [2.45, 2.75) is 38.5 Å². The molecule has 1 nitrogen and oxygen atoms in total. The molecule has 0 bridgehead atoms. The molecule has 0 amide bonds. The van der Waals surface area contributed by atoms with Gasteiger partial charge in [0.05, 0.1) is 11.5 Å².